The molecule has 0 saturated heterocycles. The molecule has 3 aromatic rings. The van der Waals surface area contributed by atoms with Crippen LogP contribution in [-0.2, 0) is 22.7 Å². The van der Waals surface area contributed by atoms with Crippen LogP contribution < -0.4 is 0 Å². The zero-order chi connectivity index (χ0) is 15.6. The highest BCUT2D eigenvalue weighted by atomic mass is 32.2. The fourth-order valence-electron chi connectivity index (χ4n) is 2.32. The highest BCUT2D eigenvalue weighted by Gasteiger charge is 2.14. The zero-order valence-electron chi connectivity index (χ0n) is 12.3. The van der Waals surface area contributed by atoms with Crippen LogP contribution in [0.25, 0.3) is 11.1 Å². The van der Waals surface area contributed by atoms with Gasteiger partial charge in [0.25, 0.3) is 0 Å². The average Bonchev–Trinajstić information content (AvgIpc) is 2.96. The predicted octanol–water partition coefficient (Wildman–Crippen LogP) is 3.41. The highest BCUT2D eigenvalue weighted by Crippen LogP contribution is 2.21. The quantitative estimate of drug-likeness (QED) is 0.724. The smallest absolute Gasteiger partial charge is 0.195 e. The Bertz CT molecular complexity index is 883. The van der Waals surface area contributed by atoms with Crippen molar-refractivity contribution in [3.8, 4) is 0 Å². The SMILES string of the molecule is CCS(=O)(=O)c1ccc2oc(CCc3ccccc3)nc2c1. The first-order valence-corrected chi connectivity index (χ1v) is 8.90. The Hall–Kier alpha value is -2.14. The molecule has 0 aliphatic carbocycles. The first kappa shape index (κ1) is 14.8. The van der Waals surface area contributed by atoms with E-state index in [1.54, 1.807) is 25.1 Å². The Morgan fingerprint density at radius 1 is 1.05 bits per heavy atom. The fraction of sp³-hybridized carbons (Fsp3) is 0.235. The second-order valence-electron chi connectivity index (χ2n) is 5.13. The summed E-state index contributed by atoms with van der Waals surface area (Å²) >= 11 is 0. The summed E-state index contributed by atoms with van der Waals surface area (Å²) in [5.74, 6) is 0.710. The summed E-state index contributed by atoms with van der Waals surface area (Å²) in [4.78, 5) is 4.70. The van der Waals surface area contributed by atoms with Crippen LogP contribution in [0, 0.1) is 0 Å². The Morgan fingerprint density at radius 2 is 1.82 bits per heavy atom. The molecule has 22 heavy (non-hydrogen) atoms. The monoisotopic (exact) mass is 315 g/mol. The number of hydrogen-bond donors (Lipinski definition) is 0. The van der Waals surface area contributed by atoms with Crippen LogP contribution in [0.2, 0.25) is 0 Å². The van der Waals surface area contributed by atoms with Gasteiger partial charge < -0.3 is 4.42 Å². The molecule has 4 nitrogen and oxygen atoms in total. The molecule has 1 aromatic heterocycles. The minimum atomic E-state index is -3.22. The molecule has 0 N–H and O–H groups in total. The van der Waals surface area contributed by atoms with E-state index in [9.17, 15) is 8.42 Å². The number of benzene rings is 2. The molecule has 0 spiro atoms. The van der Waals surface area contributed by atoms with E-state index in [1.807, 2.05) is 18.2 Å². The van der Waals surface area contributed by atoms with Gasteiger partial charge in [0.1, 0.15) is 5.52 Å². The van der Waals surface area contributed by atoms with E-state index < -0.39 is 9.84 Å². The first-order valence-electron chi connectivity index (χ1n) is 7.24. The van der Waals surface area contributed by atoms with Gasteiger partial charge in [0.15, 0.2) is 21.3 Å². The topological polar surface area (TPSA) is 60.2 Å². The molecule has 5 heteroatoms. The highest BCUT2D eigenvalue weighted by molar-refractivity contribution is 7.91. The molecule has 0 aliphatic heterocycles. The second-order valence-corrected chi connectivity index (χ2v) is 7.40. The van der Waals surface area contributed by atoms with E-state index in [1.165, 1.54) is 5.56 Å². The van der Waals surface area contributed by atoms with E-state index in [-0.39, 0.29) is 5.75 Å². The summed E-state index contributed by atoms with van der Waals surface area (Å²) in [6.45, 7) is 1.63. The van der Waals surface area contributed by atoms with Crippen molar-refractivity contribution in [2.45, 2.75) is 24.7 Å². The van der Waals surface area contributed by atoms with Gasteiger partial charge in [-0.25, -0.2) is 13.4 Å². The molecule has 0 bridgehead atoms. The van der Waals surface area contributed by atoms with Crippen molar-refractivity contribution in [3.63, 3.8) is 0 Å². The third kappa shape index (κ3) is 3.04. The third-order valence-corrected chi connectivity index (χ3v) is 5.35. The molecule has 2 aromatic carbocycles. The normalized spacial score (nSPS) is 11.9. The minimum Gasteiger partial charge on any atom is -0.441 e. The molecular formula is C17H17NO3S. The molecule has 0 fully saturated rings. The largest absolute Gasteiger partial charge is 0.441 e. The van der Waals surface area contributed by atoms with E-state index in [0.717, 1.165) is 6.42 Å². The number of aryl methyl sites for hydroxylation is 2. The summed E-state index contributed by atoms with van der Waals surface area (Å²) in [6, 6.07) is 15.0. The molecule has 0 radical (unpaired) electrons. The Morgan fingerprint density at radius 3 is 2.55 bits per heavy atom. The second kappa shape index (κ2) is 5.93. The number of sulfone groups is 1. The standard InChI is InChI=1S/C17H17NO3S/c1-2-22(19,20)14-9-10-16-15(12-14)18-17(21-16)11-8-13-6-4-3-5-7-13/h3-7,9-10,12H,2,8,11H2,1H3. The number of fused-ring (bicyclic) bond motifs is 1. The van der Waals surface area contributed by atoms with Crippen LogP contribution in [-0.4, -0.2) is 19.2 Å². The van der Waals surface area contributed by atoms with Crippen molar-refractivity contribution in [3.05, 3.63) is 60.0 Å². The lowest BCUT2D eigenvalue weighted by Crippen LogP contribution is -2.03. The van der Waals surface area contributed by atoms with E-state index >= 15 is 0 Å². The van der Waals surface area contributed by atoms with Gasteiger partial charge >= 0.3 is 0 Å². The van der Waals surface area contributed by atoms with E-state index in [2.05, 4.69) is 17.1 Å². The molecule has 0 amide bonds. The summed E-state index contributed by atoms with van der Waals surface area (Å²) < 4.78 is 29.5. The first-order chi connectivity index (χ1) is 10.6. The minimum absolute atomic E-state index is 0.0806. The Kier molecular flexibility index (Phi) is 3.98. The van der Waals surface area contributed by atoms with Crippen molar-refractivity contribution in [1.82, 2.24) is 4.98 Å². The number of aromatic nitrogens is 1. The predicted molar refractivity (Wildman–Crippen MR) is 85.6 cm³/mol. The molecule has 1 heterocycles. The molecule has 3 rings (SSSR count). The van der Waals surface area contributed by atoms with Crippen molar-refractivity contribution in [2.75, 3.05) is 5.75 Å². The lowest BCUT2D eigenvalue weighted by molar-refractivity contribution is 0.528. The number of oxazole rings is 1. The van der Waals surface area contributed by atoms with Crippen LogP contribution in [0.3, 0.4) is 0 Å². The molecular weight excluding hydrogens is 298 g/mol. The van der Waals surface area contributed by atoms with Gasteiger partial charge in [0.05, 0.1) is 10.6 Å². The lowest BCUT2D eigenvalue weighted by Gasteiger charge is -1.99. The summed E-state index contributed by atoms with van der Waals surface area (Å²) in [6.07, 6.45) is 1.53. The van der Waals surface area contributed by atoms with Gasteiger partial charge in [-0.3, -0.25) is 0 Å². The summed E-state index contributed by atoms with van der Waals surface area (Å²) in [5, 5.41) is 0. The third-order valence-electron chi connectivity index (χ3n) is 3.61. The summed E-state index contributed by atoms with van der Waals surface area (Å²) in [5.41, 5.74) is 2.44. The number of nitrogens with zero attached hydrogens (tertiary/aromatic N) is 1. The van der Waals surface area contributed by atoms with Gasteiger partial charge in [0.2, 0.25) is 0 Å². The van der Waals surface area contributed by atoms with Crippen LogP contribution >= 0.6 is 0 Å². The molecule has 0 aliphatic rings. The van der Waals surface area contributed by atoms with Crippen molar-refractivity contribution in [1.29, 1.82) is 0 Å². The Labute approximate surface area is 129 Å². The van der Waals surface area contributed by atoms with Gasteiger partial charge in [-0.05, 0) is 30.2 Å². The zero-order valence-corrected chi connectivity index (χ0v) is 13.1. The molecule has 0 unspecified atom stereocenters. The molecule has 0 saturated carbocycles. The Balaban J connectivity index is 1.84. The van der Waals surface area contributed by atoms with Gasteiger partial charge in [-0.15, -0.1) is 0 Å². The number of hydrogen-bond acceptors (Lipinski definition) is 4. The van der Waals surface area contributed by atoms with Crippen molar-refractivity contribution in [2.24, 2.45) is 0 Å². The molecule has 114 valence electrons. The van der Waals surface area contributed by atoms with Gasteiger partial charge in [-0.1, -0.05) is 37.3 Å². The van der Waals surface area contributed by atoms with Crippen molar-refractivity contribution >= 4 is 20.9 Å². The summed E-state index contributed by atoms with van der Waals surface area (Å²) in [7, 11) is -3.22. The van der Waals surface area contributed by atoms with Crippen LogP contribution in [0.1, 0.15) is 18.4 Å². The average molecular weight is 315 g/mol. The maximum absolute atomic E-state index is 11.9. The van der Waals surface area contributed by atoms with Gasteiger partial charge in [0, 0.05) is 6.42 Å². The van der Waals surface area contributed by atoms with Crippen LogP contribution in [0.5, 0.6) is 0 Å². The lowest BCUT2D eigenvalue weighted by atomic mass is 10.1. The van der Waals surface area contributed by atoms with Crippen LogP contribution in [0.4, 0.5) is 0 Å². The van der Waals surface area contributed by atoms with Gasteiger partial charge in [-0.2, -0.15) is 0 Å². The van der Waals surface area contributed by atoms with E-state index in [0.29, 0.717) is 28.3 Å². The van der Waals surface area contributed by atoms with Crippen LogP contribution in [0.15, 0.2) is 57.8 Å². The van der Waals surface area contributed by atoms with Crippen molar-refractivity contribution < 1.29 is 12.8 Å². The molecule has 0 atom stereocenters. The maximum Gasteiger partial charge on any atom is 0.195 e. The number of rotatable bonds is 5. The fourth-order valence-corrected chi connectivity index (χ4v) is 3.22. The maximum atomic E-state index is 11.9. The van der Waals surface area contributed by atoms with E-state index in [4.69, 9.17) is 4.42 Å².